The molecule has 29 heavy (non-hydrogen) atoms. The van der Waals surface area contributed by atoms with Crippen molar-refractivity contribution in [2.24, 2.45) is 17.4 Å². The first kappa shape index (κ1) is 26.3. The van der Waals surface area contributed by atoms with Gasteiger partial charge in [-0.05, 0) is 25.7 Å². The summed E-state index contributed by atoms with van der Waals surface area (Å²) in [5.74, 6) is -4.40. The first-order valence-corrected chi connectivity index (χ1v) is 9.18. The number of nitrogens with two attached hydrogens (primary N) is 2. The number of hydrogen-bond acceptors (Lipinski definition) is 7. The zero-order valence-electron chi connectivity index (χ0n) is 16.8. The van der Waals surface area contributed by atoms with Gasteiger partial charge in [-0.3, -0.25) is 19.2 Å². The van der Waals surface area contributed by atoms with Crippen molar-refractivity contribution in [3.8, 4) is 0 Å². The van der Waals surface area contributed by atoms with Crippen LogP contribution in [0.25, 0.3) is 0 Å². The second kappa shape index (κ2) is 12.7. The molecule has 4 unspecified atom stereocenters. The molecule has 0 aromatic rings. The molecule has 4 atom stereocenters. The van der Waals surface area contributed by atoms with Crippen molar-refractivity contribution >= 4 is 29.6 Å². The lowest BCUT2D eigenvalue weighted by molar-refractivity contribution is -0.142. The Bertz CT molecular complexity index is 609. The summed E-state index contributed by atoms with van der Waals surface area (Å²) >= 11 is 0. The average molecular weight is 417 g/mol. The van der Waals surface area contributed by atoms with E-state index in [2.05, 4.69) is 16.0 Å². The minimum absolute atomic E-state index is 0.0522. The van der Waals surface area contributed by atoms with E-state index in [0.717, 1.165) is 0 Å². The Morgan fingerprint density at radius 3 is 1.90 bits per heavy atom. The van der Waals surface area contributed by atoms with Gasteiger partial charge in [0.25, 0.3) is 0 Å². The van der Waals surface area contributed by atoms with Crippen molar-refractivity contribution in [3.05, 3.63) is 0 Å². The quantitative estimate of drug-likeness (QED) is 0.165. The van der Waals surface area contributed by atoms with Gasteiger partial charge in [0.05, 0.1) is 12.6 Å². The van der Waals surface area contributed by atoms with Crippen LogP contribution in [-0.2, 0) is 24.0 Å². The molecular weight excluding hydrogens is 386 g/mol. The van der Waals surface area contributed by atoms with Crippen molar-refractivity contribution in [1.29, 1.82) is 0 Å². The second-order valence-electron chi connectivity index (χ2n) is 7.09. The second-order valence-corrected chi connectivity index (χ2v) is 7.09. The molecule has 0 saturated heterocycles. The Kier molecular flexibility index (Phi) is 11.5. The van der Waals surface area contributed by atoms with Crippen LogP contribution < -0.4 is 27.4 Å². The lowest BCUT2D eigenvalue weighted by atomic mass is 10.0. The summed E-state index contributed by atoms with van der Waals surface area (Å²) in [5, 5.41) is 25.9. The number of aliphatic hydroxyl groups excluding tert-OH is 1. The fourth-order valence-corrected chi connectivity index (χ4v) is 2.42. The topological polar surface area (TPSA) is 214 Å². The van der Waals surface area contributed by atoms with E-state index in [1.54, 1.807) is 13.8 Å². The highest BCUT2D eigenvalue weighted by molar-refractivity contribution is 5.94. The van der Waals surface area contributed by atoms with Crippen molar-refractivity contribution in [2.45, 2.75) is 64.3 Å². The van der Waals surface area contributed by atoms with Crippen LogP contribution in [0.3, 0.4) is 0 Å². The van der Waals surface area contributed by atoms with Crippen LogP contribution in [-0.4, -0.2) is 70.6 Å². The fourth-order valence-electron chi connectivity index (χ4n) is 2.42. The van der Waals surface area contributed by atoms with Gasteiger partial charge in [0.15, 0.2) is 0 Å². The number of carboxylic acids is 1. The van der Waals surface area contributed by atoms with Crippen molar-refractivity contribution in [3.63, 3.8) is 0 Å². The third kappa shape index (κ3) is 10.4. The molecule has 12 heteroatoms. The van der Waals surface area contributed by atoms with Crippen LogP contribution in [0, 0.1) is 5.92 Å². The van der Waals surface area contributed by atoms with Crippen molar-refractivity contribution in [1.82, 2.24) is 16.0 Å². The number of carboxylic acid groups (broad SMARTS) is 1. The van der Waals surface area contributed by atoms with Gasteiger partial charge in [0.2, 0.25) is 23.6 Å². The zero-order valence-corrected chi connectivity index (χ0v) is 16.8. The van der Waals surface area contributed by atoms with Gasteiger partial charge >= 0.3 is 5.97 Å². The first-order chi connectivity index (χ1) is 13.4. The number of nitrogens with one attached hydrogen (secondary N) is 3. The molecule has 0 fully saturated rings. The van der Waals surface area contributed by atoms with E-state index in [-0.39, 0.29) is 25.2 Å². The maximum Gasteiger partial charge on any atom is 0.326 e. The van der Waals surface area contributed by atoms with Gasteiger partial charge in [-0.2, -0.15) is 0 Å². The molecule has 0 aliphatic carbocycles. The summed E-state index contributed by atoms with van der Waals surface area (Å²) in [4.78, 5) is 58.7. The summed E-state index contributed by atoms with van der Waals surface area (Å²) in [6, 6.07) is -3.85. The Labute approximate surface area is 168 Å². The molecule has 0 bridgehead atoms. The summed E-state index contributed by atoms with van der Waals surface area (Å²) in [6.45, 7) is 4.46. The molecule has 0 heterocycles. The van der Waals surface area contributed by atoms with Gasteiger partial charge in [0, 0.05) is 6.42 Å². The van der Waals surface area contributed by atoms with Gasteiger partial charge in [0.1, 0.15) is 18.1 Å². The molecule has 0 aromatic carbocycles. The molecule has 0 saturated carbocycles. The molecule has 0 spiro atoms. The van der Waals surface area contributed by atoms with E-state index in [1.807, 2.05) is 0 Å². The third-order valence-electron chi connectivity index (χ3n) is 3.90. The largest absolute Gasteiger partial charge is 0.480 e. The average Bonchev–Trinajstić information content (AvgIpc) is 2.60. The van der Waals surface area contributed by atoms with Gasteiger partial charge in [-0.25, -0.2) is 4.79 Å². The van der Waals surface area contributed by atoms with Crippen LogP contribution >= 0.6 is 0 Å². The molecule has 0 radical (unpaired) electrons. The Balaban J connectivity index is 5.32. The number of rotatable bonds is 13. The molecule has 9 N–H and O–H groups in total. The molecule has 4 amide bonds. The lowest BCUT2D eigenvalue weighted by Gasteiger charge is -2.26. The Hall–Kier alpha value is -2.73. The van der Waals surface area contributed by atoms with Crippen molar-refractivity contribution < 1.29 is 34.2 Å². The predicted octanol–water partition coefficient (Wildman–Crippen LogP) is -2.82. The van der Waals surface area contributed by atoms with Crippen LogP contribution in [0.5, 0.6) is 0 Å². The number of hydrogen-bond donors (Lipinski definition) is 7. The third-order valence-corrected chi connectivity index (χ3v) is 3.90. The van der Waals surface area contributed by atoms with Gasteiger partial charge in [-0.1, -0.05) is 13.8 Å². The summed E-state index contributed by atoms with van der Waals surface area (Å²) in [5.41, 5.74) is 10.2. The van der Waals surface area contributed by atoms with Crippen LogP contribution in [0.4, 0.5) is 0 Å². The predicted molar refractivity (Wildman–Crippen MR) is 102 cm³/mol. The summed E-state index contributed by atoms with van der Waals surface area (Å²) in [7, 11) is 0. The van der Waals surface area contributed by atoms with E-state index in [9.17, 15) is 34.2 Å². The van der Waals surface area contributed by atoms with E-state index >= 15 is 0 Å². The van der Waals surface area contributed by atoms with Crippen molar-refractivity contribution in [2.75, 3.05) is 6.54 Å². The Morgan fingerprint density at radius 1 is 0.931 bits per heavy atom. The maximum atomic E-state index is 12.6. The van der Waals surface area contributed by atoms with E-state index < -0.39 is 60.4 Å². The standard InChI is InChI=1S/C17H31N5O7/c1-8(2)6-11(15(26)20-10(17(28)29)4-5-12(19)24)21-16(27)14(9(3)23)22-13(25)7-18/h8-11,14,23H,4-7,18H2,1-3H3,(H2,19,24)(H,20,26)(H,21,27)(H,22,25)(H,28,29). The minimum atomic E-state index is -1.37. The highest BCUT2D eigenvalue weighted by atomic mass is 16.4. The van der Waals surface area contributed by atoms with Gasteiger partial charge in [-0.15, -0.1) is 0 Å². The summed E-state index contributed by atoms with van der Waals surface area (Å²) < 4.78 is 0. The van der Waals surface area contributed by atoms with Crippen LogP contribution in [0.15, 0.2) is 0 Å². The number of carbonyl (C=O) groups is 5. The maximum absolute atomic E-state index is 12.6. The number of carbonyl (C=O) groups excluding carboxylic acids is 4. The van der Waals surface area contributed by atoms with Crippen LogP contribution in [0.1, 0.15) is 40.0 Å². The number of amides is 4. The lowest BCUT2D eigenvalue weighted by Crippen LogP contribution is -2.59. The molecule has 0 rings (SSSR count). The number of primary amides is 1. The smallest absolute Gasteiger partial charge is 0.326 e. The highest BCUT2D eigenvalue weighted by Crippen LogP contribution is 2.08. The number of aliphatic hydroxyl groups is 1. The Morgan fingerprint density at radius 2 is 1.48 bits per heavy atom. The highest BCUT2D eigenvalue weighted by Gasteiger charge is 2.31. The van der Waals surface area contributed by atoms with E-state index in [0.29, 0.717) is 0 Å². The molecule has 12 nitrogen and oxygen atoms in total. The molecular formula is C17H31N5O7. The first-order valence-electron chi connectivity index (χ1n) is 9.18. The van der Waals surface area contributed by atoms with E-state index in [4.69, 9.17) is 11.5 Å². The zero-order chi connectivity index (χ0) is 22.7. The molecule has 0 aliphatic heterocycles. The SMILES string of the molecule is CC(C)CC(NC(=O)C(NC(=O)CN)C(C)O)C(=O)NC(CCC(N)=O)C(=O)O. The minimum Gasteiger partial charge on any atom is -0.480 e. The molecule has 0 aromatic heterocycles. The molecule has 166 valence electrons. The monoisotopic (exact) mass is 417 g/mol. The van der Waals surface area contributed by atoms with E-state index in [1.165, 1.54) is 6.92 Å². The molecule has 0 aliphatic rings. The number of aliphatic carboxylic acids is 1. The van der Waals surface area contributed by atoms with Gasteiger partial charge < -0.3 is 37.6 Å². The fraction of sp³-hybridized carbons (Fsp3) is 0.706. The summed E-state index contributed by atoms with van der Waals surface area (Å²) in [6.07, 6.45) is -1.55. The van der Waals surface area contributed by atoms with Crippen LogP contribution in [0.2, 0.25) is 0 Å². The normalized spacial score (nSPS) is 15.0.